The van der Waals surface area contributed by atoms with Gasteiger partial charge in [0.25, 0.3) is 0 Å². The van der Waals surface area contributed by atoms with Crippen LogP contribution in [0.15, 0.2) is 42.7 Å². The summed E-state index contributed by atoms with van der Waals surface area (Å²) in [4.78, 5) is 0. The molecule has 0 saturated heterocycles. The summed E-state index contributed by atoms with van der Waals surface area (Å²) in [7, 11) is 0. The number of hydrogen-bond acceptors (Lipinski definition) is 1. The molecule has 0 radical (unpaired) electrons. The molecule has 0 spiro atoms. The van der Waals surface area contributed by atoms with Gasteiger partial charge in [-0.05, 0) is 17.0 Å². The minimum atomic E-state index is 0.518. The van der Waals surface area contributed by atoms with Crippen molar-refractivity contribution < 1.29 is 0 Å². The van der Waals surface area contributed by atoms with E-state index in [0.717, 1.165) is 11.9 Å². The van der Waals surface area contributed by atoms with E-state index in [-0.39, 0.29) is 0 Å². The Labute approximate surface area is 104 Å². The van der Waals surface area contributed by atoms with Gasteiger partial charge in [0.1, 0.15) is 0 Å². The quantitative estimate of drug-likeness (QED) is 0.784. The van der Waals surface area contributed by atoms with Gasteiger partial charge in [-0.15, -0.1) is 0 Å². The smallest absolute Gasteiger partial charge is 0.0659 e. The first-order valence-electron chi connectivity index (χ1n) is 5.42. The van der Waals surface area contributed by atoms with Gasteiger partial charge in [0, 0.05) is 11.5 Å². The first kappa shape index (κ1) is 11.4. The van der Waals surface area contributed by atoms with Crippen molar-refractivity contribution in [2.45, 2.75) is 19.4 Å². The van der Waals surface area contributed by atoms with E-state index in [4.69, 9.17) is 0 Å². The zero-order valence-corrected chi connectivity index (χ0v) is 10.9. The van der Waals surface area contributed by atoms with Crippen molar-refractivity contribution in [3.8, 4) is 0 Å². The van der Waals surface area contributed by atoms with Crippen LogP contribution in [0, 0.1) is 0 Å². The molecule has 1 heterocycles. The molecule has 2 nitrogen and oxygen atoms in total. The predicted molar refractivity (Wildman–Crippen MR) is 70.0 cm³/mol. The van der Waals surface area contributed by atoms with Crippen molar-refractivity contribution in [3.05, 3.63) is 53.9 Å². The Hall–Kier alpha value is -1.09. The molecular formula is C13H15BrN2. The molecule has 2 aromatic rings. The Bertz CT molecular complexity index is 436. The van der Waals surface area contributed by atoms with Crippen LogP contribution in [0.3, 0.4) is 0 Å². The molecule has 16 heavy (non-hydrogen) atoms. The lowest BCUT2D eigenvalue weighted by atomic mass is 10.1. The third kappa shape index (κ3) is 2.73. The normalized spacial score (nSPS) is 12.6. The monoisotopic (exact) mass is 278 g/mol. The van der Waals surface area contributed by atoms with Gasteiger partial charge in [0.2, 0.25) is 0 Å². The molecule has 0 aliphatic heterocycles. The Balaban J connectivity index is 2.09. The summed E-state index contributed by atoms with van der Waals surface area (Å²) in [5.74, 6) is 0.518. The number of hydrogen-bond donors (Lipinski definition) is 0. The lowest BCUT2D eigenvalue weighted by Crippen LogP contribution is -1.99. The van der Waals surface area contributed by atoms with Crippen LogP contribution in [0.1, 0.15) is 24.0 Å². The van der Waals surface area contributed by atoms with Gasteiger partial charge in [-0.1, -0.05) is 53.2 Å². The van der Waals surface area contributed by atoms with Gasteiger partial charge in [0.15, 0.2) is 0 Å². The van der Waals surface area contributed by atoms with Crippen molar-refractivity contribution in [2.24, 2.45) is 0 Å². The van der Waals surface area contributed by atoms with Crippen molar-refractivity contribution in [3.63, 3.8) is 0 Å². The summed E-state index contributed by atoms with van der Waals surface area (Å²) < 4.78 is 1.99. The van der Waals surface area contributed by atoms with Crippen molar-refractivity contribution in [2.75, 3.05) is 5.33 Å². The summed E-state index contributed by atoms with van der Waals surface area (Å²) in [5.41, 5.74) is 2.57. The van der Waals surface area contributed by atoms with Crippen LogP contribution < -0.4 is 0 Å². The maximum atomic E-state index is 4.38. The molecule has 0 fully saturated rings. The fourth-order valence-corrected chi connectivity index (χ4v) is 1.95. The number of aromatic nitrogens is 2. The third-order valence-electron chi connectivity index (χ3n) is 2.64. The molecule has 1 unspecified atom stereocenters. The van der Waals surface area contributed by atoms with E-state index in [1.54, 1.807) is 0 Å². The molecule has 2 rings (SSSR count). The van der Waals surface area contributed by atoms with E-state index < -0.39 is 0 Å². The van der Waals surface area contributed by atoms with Crippen molar-refractivity contribution in [1.82, 2.24) is 9.78 Å². The molecule has 1 aromatic heterocycles. The van der Waals surface area contributed by atoms with Gasteiger partial charge in [-0.3, -0.25) is 4.68 Å². The maximum Gasteiger partial charge on any atom is 0.0659 e. The predicted octanol–water partition coefficient (Wildman–Crippen LogP) is 3.43. The van der Waals surface area contributed by atoms with Crippen LogP contribution in [-0.4, -0.2) is 15.1 Å². The van der Waals surface area contributed by atoms with Crippen LogP contribution in [0.4, 0.5) is 0 Å². The fourth-order valence-electron chi connectivity index (χ4n) is 1.58. The van der Waals surface area contributed by atoms with E-state index in [2.05, 4.69) is 58.4 Å². The maximum absolute atomic E-state index is 4.38. The molecule has 84 valence electrons. The summed E-state index contributed by atoms with van der Waals surface area (Å²) in [6.07, 6.45) is 4.08. The minimum Gasteiger partial charge on any atom is -0.268 e. The van der Waals surface area contributed by atoms with Gasteiger partial charge < -0.3 is 0 Å². The second-order valence-electron chi connectivity index (χ2n) is 4.01. The summed E-state index contributed by atoms with van der Waals surface area (Å²) in [6, 6.07) is 10.4. The minimum absolute atomic E-state index is 0.518. The second-order valence-corrected chi connectivity index (χ2v) is 4.66. The van der Waals surface area contributed by atoms with E-state index in [0.29, 0.717) is 5.92 Å². The highest BCUT2D eigenvalue weighted by Gasteiger charge is 2.06. The Kier molecular flexibility index (Phi) is 3.78. The highest BCUT2D eigenvalue weighted by molar-refractivity contribution is 9.09. The first-order chi connectivity index (χ1) is 7.79. The lowest BCUT2D eigenvalue weighted by molar-refractivity contribution is 0.685. The van der Waals surface area contributed by atoms with Crippen LogP contribution in [0.2, 0.25) is 0 Å². The third-order valence-corrected chi connectivity index (χ3v) is 3.61. The Morgan fingerprint density at radius 2 is 2.06 bits per heavy atom. The van der Waals surface area contributed by atoms with Crippen LogP contribution >= 0.6 is 15.9 Å². The number of alkyl halides is 1. The molecular weight excluding hydrogens is 264 g/mol. The number of halogens is 1. The molecule has 1 atom stereocenters. The van der Waals surface area contributed by atoms with Crippen molar-refractivity contribution >= 4 is 15.9 Å². The van der Waals surface area contributed by atoms with E-state index in [9.17, 15) is 0 Å². The van der Waals surface area contributed by atoms with Crippen molar-refractivity contribution in [1.29, 1.82) is 0 Å². The number of rotatable bonds is 4. The zero-order chi connectivity index (χ0) is 11.4. The summed E-state index contributed by atoms with van der Waals surface area (Å²) in [6.45, 7) is 3.04. The standard InChI is InChI=1S/C13H15BrN2/c1-11(7-14)13-8-15-16(10-13)9-12-5-3-2-4-6-12/h2-6,8,10-11H,7,9H2,1H3. The lowest BCUT2D eigenvalue weighted by Gasteiger charge is -2.03. The molecule has 0 bridgehead atoms. The van der Waals surface area contributed by atoms with Gasteiger partial charge >= 0.3 is 0 Å². The molecule has 1 aromatic carbocycles. The molecule has 0 saturated carbocycles. The average molecular weight is 279 g/mol. The molecule has 0 amide bonds. The first-order valence-corrected chi connectivity index (χ1v) is 6.54. The fraction of sp³-hybridized carbons (Fsp3) is 0.308. The highest BCUT2D eigenvalue weighted by Crippen LogP contribution is 2.16. The number of nitrogens with zero attached hydrogens (tertiary/aromatic N) is 2. The molecule has 0 aliphatic rings. The summed E-state index contributed by atoms with van der Waals surface area (Å²) >= 11 is 3.49. The SMILES string of the molecule is CC(CBr)c1cnn(Cc2ccccc2)c1. The Morgan fingerprint density at radius 1 is 1.31 bits per heavy atom. The number of benzene rings is 1. The van der Waals surface area contributed by atoms with Crippen LogP contribution in [-0.2, 0) is 6.54 Å². The van der Waals surface area contributed by atoms with Gasteiger partial charge in [0.05, 0.1) is 12.7 Å². The Morgan fingerprint density at radius 3 is 2.75 bits per heavy atom. The van der Waals surface area contributed by atoms with Crippen LogP contribution in [0.25, 0.3) is 0 Å². The second kappa shape index (κ2) is 5.30. The molecule has 3 heteroatoms. The molecule has 0 aliphatic carbocycles. The van der Waals surface area contributed by atoms with E-state index in [1.807, 2.05) is 16.9 Å². The molecule has 0 N–H and O–H groups in total. The average Bonchev–Trinajstić information content (AvgIpc) is 2.78. The van der Waals surface area contributed by atoms with E-state index in [1.165, 1.54) is 11.1 Å². The van der Waals surface area contributed by atoms with Crippen LogP contribution in [0.5, 0.6) is 0 Å². The van der Waals surface area contributed by atoms with E-state index >= 15 is 0 Å². The van der Waals surface area contributed by atoms with Gasteiger partial charge in [-0.2, -0.15) is 5.10 Å². The van der Waals surface area contributed by atoms with Gasteiger partial charge in [-0.25, -0.2) is 0 Å². The zero-order valence-electron chi connectivity index (χ0n) is 9.31. The highest BCUT2D eigenvalue weighted by atomic mass is 79.9. The largest absolute Gasteiger partial charge is 0.268 e. The summed E-state index contributed by atoms with van der Waals surface area (Å²) in [5, 5.41) is 5.35. The topological polar surface area (TPSA) is 17.8 Å².